The number of rotatable bonds is 3. The fraction of sp³-hybridized carbons (Fsp3) is 0.400. The molecule has 0 unspecified atom stereocenters. The van der Waals surface area contributed by atoms with Crippen molar-refractivity contribution in [1.29, 1.82) is 0 Å². The SMILES string of the molecule is COc1c(Cl)c(-c2c(C)ccc3[nH]nnc23)c(F)c2ncnc(N3CCN(C(=O)OC(C)(C)C)CC3)c12. The van der Waals surface area contributed by atoms with Crippen LogP contribution >= 0.6 is 11.6 Å². The molecule has 0 aliphatic carbocycles. The molecule has 0 bridgehead atoms. The normalized spacial score (nSPS) is 14.5. The Bertz CT molecular complexity index is 1510. The van der Waals surface area contributed by atoms with Gasteiger partial charge in [-0.05, 0) is 39.3 Å². The topological polar surface area (TPSA) is 109 Å². The summed E-state index contributed by atoms with van der Waals surface area (Å²) in [6.07, 6.45) is 0.954. The molecule has 10 nitrogen and oxygen atoms in total. The predicted molar refractivity (Wildman–Crippen MR) is 139 cm³/mol. The molecule has 37 heavy (non-hydrogen) atoms. The van der Waals surface area contributed by atoms with Gasteiger partial charge in [0.15, 0.2) is 11.6 Å². The van der Waals surface area contributed by atoms with E-state index in [1.807, 2.05) is 44.7 Å². The summed E-state index contributed by atoms with van der Waals surface area (Å²) in [5, 5.41) is 11.3. The van der Waals surface area contributed by atoms with Gasteiger partial charge in [-0.3, -0.25) is 5.10 Å². The molecule has 1 N–H and O–H groups in total. The summed E-state index contributed by atoms with van der Waals surface area (Å²) in [5.74, 6) is 0.142. The minimum absolute atomic E-state index is 0.0794. The number of fused-ring (bicyclic) bond motifs is 2. The van der Waals surface area contributed by atoms with E-state index in [4.69, 9.17) is 21.1 Å². The van der Waals surface area contributed by atoms with Crippen LogP contribution in [0.15, 0.2) is 18.5 Å². The first-order valence-corrected chi connectivity index (χ1v) is 12.2. The molecule has 2 aromatic heterocycles. The molecule has 0 atom stereocenters. The summed E-state index contributed by atoms with van der Waals surface area (Å²) in [6.45, 7) is 9.12. The summed E-state index contributed by atoms with van der Waals surface area (Å²) < 4.78 is 27.5. The molecule has 0 saturated carbocycles. The molecule has 194 valence electrons. The van der Waals surface area contributed by atoms with Crippen LogP contribution in [0.3, 0.4) is 0 Å². The Hall–Kier alpha value is -3.73. The van der Waals surface area contributed by atoms with Crippen LogP contribution in [0.4, 0.5) is 15.0 Å². The Balaban J connectivity index is 1.59. The van der Waals surface area contributed by atoms with Crippen molar-refractivity contribution in [3.05, 3.63) is 34.9 Å². The molecule has 1 fully saturated rings. The third-order valence-corrected chi connectivity index (χ3v) is 6.65. The maximum Gasteiger partial charge on any atom is 0.410 e. The average molecular weight is 528 g/mol. The van der Waals surface area contributed by atoms with Crippen molar-refractivity contribution in [3.8, 4) is 16.9 Å². The van der Waals surface area contributed by atoms with E-state index >= 15 is 4.39 Å². The van der Waals surface area contributed by atoms with Crippen LogP contribution in [0, 0.1) is 12.7 Å². The van der Waals surface area contributed by atoms with Gasteiger partial charge >= 0.3 is 6.09 Å². The summed E-state index contributed by atoms with van der Waals surface area (Å²) in [7, 11) is 1.48. The van der Waals surface area contributed by atoms with E-state index in [0.29, 0.717) is 54.0 Å². The Morgan fingerprint density at radius 3 is 2.51 bits per heavy atom. The van der Waals surface area contributed by atoms with Crippen LogP contribution in [-0.2, 0) is 4.74 Å². The number of amides is 1. The van der Waals surface area contributed by atoms with Gasteiger partial charge in [0.25, 0.3) is 0 Å². The van der Waals surface area contributed by atoms with Crippen molar-refractivity contribution >= 4 is 45.4 Å². The number of aromatic nitrogens is 5. The smallest absolute Gasteiger partial charge is 0.410 e. The van der Waals surface area contributed by atoms with Crippen molar-refractivity contribution < 1.29 is 18.7 Å². The lowest BCUT2D eigenvalue weighted by Crippen LogP contribution is -2.50. The molecule has 0 radical (unpaired) electrons. The number of nitrogens with zero attached hydrogens (tertiary/aromatic N) is 6. The van der Waals surface area contributed by atoms with Gasteiger partial charge in [-0.2, -0.15) is 0 Å². The quantitative estimate of drug-likeness (QED) is 0.407. The number of benzene rings is 2. The van der Waals surface area contributed by atoms with E-state index < -0.39 is 11.4 Å². The molecule has 1 amide bonds. The van der Waals surface area contributed by atoms with E-state index in [9.17, 15) is 4.79 Å². The number of H-pyrrole nitrogens is 1. The molecule has 1 aliphatic rings. The molecule has 4 aromatic rings. The highest BCUT2D eigenvalue weighted by Crippen LogP contribution is 2.47. The van der Waals surface area contributed by atoms with Crippen molar-refractivity contribution in [2.24, 2.45) is 0 Å². The van der Waals surface area contributed by atoms with Crippen LogP contribution in [0.5, 0.6) is 5.75 Å². The first kappa shape index (κ1) is 24.9. The third-order valence-electron chi connectivity index (χ3n) is 6.29. The molecule has 5 rings (SSSR count). The maximum atomic E-state index is 16.2. The number of anilines is 1. The number of ether oxygens (including phenoxy) is 2. The number of aromatic amines is 1. The van der Waals surface area contributed by atoms with Crippen molar-refractivity contribution in [3.63, 3.8) is 0 Å². The number of aryl methyl sites for hydroxylation is 1. The largest absolute Gasteiger partial charge is 0.494 e. The molecular formula is C25H27ClFN7O3. The van der Waals surface area contributed by atoms with Gasteiger partial charge in [-0.25, -0.2) is 19.2 Å². The van der Waals surface area contributed by atoms with Gasteiger partial charge in [0.2, 0.25) is 0 Å². The van der Waals surface area contributed by atoms with Crippen LogP contribution in [0.25, 0.3) is 33.1 Å². The summed E-state index contributed by atoms with van der Waals surface area (Å²) in [4.78, 5) is 24.8. The standard InChI is InChI=1S/C25H27ClFN7O3/c1-13-6-7-14-20(31-32-30-14)15(13)16-18(26)22(36-5)17-21(19(16)27)28-12-29-23(17)33-8-10-34(11-9-33)24(35)37-25(2,3)4/h6-7,12H,8-11H2,1-5H3,(H,30,31,32). The fourth-order valence-electron chi connectivity index (χ4n) is 4.60. The number of hydrogen-bond donors (Lipinski definition) is 1. The minimum atomic E-state index is -0.601. The number of methoxy groups -OCH3 is 1. The van der Waals surface area contributed by atoms with Crippen LogP contribution in [0.2, 0.25) is 5.02 Å². The summed E-state index contributed by atoms with van der Waals surface area (Å²) >= 11 is 6.84. The Morgan fingerprint density at radius 1 is 1.11 bits per heavy atom. The first-order valence-electron chi connectivity index (χ1n) is 11.8. The lowest BCUT2D eigenvalue weighted by atomic mass is 9.96. The Kier molecular flexibility index (Phi) is 6.26. The van der Waals surface area contributed by atoms with Crippen molar-refractivity contribution in [2.75, 3.05) is 38.2 Å². The maximum absolute atomic E-state index is 16.2. The average Bonchev–Trinajstić information content (AvgIpc) is 3.33. The van der Waals surface area contributed by atoms with E-state index in [1.54, 1.807) is 4.90 Å². The highest BCUT2D eigenvalue weighted by atomic mass is 35.5. The van der Waals surface area contributed by atoms with Crippen molar-refractivity contribution in [2.45, 2.75) is 33.3 Å². The Morgan fingerprint density at radius 2 is 1.84 bits per heavy atom. The molecule has 1 saturated heterocycles. The number of carbonyl (C=O) groups excluding carboxylic acids is 1. The van der Waals surface area contributed by atoms with E-state index in [-0.39, 0.29) is 27.9 Å². The number of nitrogens with one attached hydrogen (secondary N) is 1. The zero-order chi connectivity index (χ0) is 26.5. The second-order valence-corrected chi connectivity index (χ2v) is 10.3. The first-order chi connectivity index (χ1) is 17.6. The lowest BCUT2D eigenvalue weighted by molar-refractivity contribution is 0.0240. The third kappa shape index (κ3) is 4.37. The molecule has 12 heteroatoms. The van der Waals surface area contributed by atoms with Gasteiger partial charge < -0.3 is 19.3 Å². The number of halogens is 2. The highest BCUT2D eigenvalue weighted by Gasteiger charge is 2.31. The second-order valence-electron chi connectivity index (χ2n) is 9.88. The second kappa shape index (κ2) is 9.29. The number of carbonyl (C=O) groups is 1. The van der Waals surface area contributed by atoms with Crippen LogP contribution in [-0.4, -0.2) is 75.3 Å². The van der Waals surface area contributed by atoms with Gasteiger partial charge in [0.1, 0.15) is 28.8 Å². The molecule has 0 spiro atoms. The van der Waals surface area contributed by atoms with Gasteiger partial charge in [-0.1, -0.05) is 22.9 Å². The summed E-state index contributed by atoms with van der Waals surface area (Å²) in [5.41, 5.74) is 2.08. The molecule has 1 aliphatic heterocycles. The monoisotopic (exact) mass is 527 g/mol. The van der Waals surface area contributed by atoms with Crippen LogP contribution < -0.4 is 9.64 Å². The zero-order valence-corrected chi connectivity index (χ0v) is 22.0. The fourth-order valence-corrected chi connectivity index (χ4v) is 4.95. The highest BCUT2D eigenvalue weighted by molar-refractivity contribution is 6.37. The van der Waals surface area contributed by atoms with E-state index in [0.717, 1.165) is 5.56 Å². The zero-order valence-electron chi connectivity index (χ0n) is 21.2. The minimum Gasteiger partial charge on any atom is -0.494 e. The van der Waals surface area contributed by atoms with E-state index in [1.165, 1.54) is 13.4 Å². The molecule has 3 heterocycles. The molecule has 2 aromatic carbocycles. The molecular weight excluding hydrogens is 501 g/mol. The predicted octanol–water partition coefficient (Wildman–Crippen LogP) is 4.73. The van der Waals surface area contributed by atoms with E-state index in [2.05, 4.69) is 25.4 Å². The van der Waals surface area contributed by atoms with Crippen molar-refractivity contribution in [1.82, 2.24) is 30.3 Å². The van der Waals surface area contributed by atoms with Gasteiger partial charge in [0.05, 0.1) is 23.0 Å². The lowest BCUT2D eigenvalue weighted by Gasteiger charge is -2.36. The Labute approximate surface area is 217 Å². The number of piperazine rings is 1. The number of hydrogen-bond acceptors (Lipinski definition) is 8. The van der Waals surface area contributed by atoms with Gasteiger partial charge in [-0.15, -0.1) is 5.10 Å². The summed E-state index contributed by atoms with van der Waals surface area (Å²) in [6, 6.07) is 3.68. The van der Waals surface area contributed by atoms with Crippen LogP contribution in [0.1, 0.15) is 26.3 Å². The van der Waals surface area contributed by atoms with Gasteiger partial charge in [0, 0.05) is 37.3 Å².